The summed E-state index contributed by atoms with van der Waals surface area (Å²) in [7, 11) is 0. The van der Waals surface area contributed by atoms with Crippen molar-refractivity contribution in [1.82, 2.24) is 19.9 Å². The summed E-state index contributed by atoms with van der Waals surface area (Å²) in [5.41, 5.74) is 1.80. The smallest absolute Gasteiger partial charge is 0.224 e. The van der Waals surface area contributed by atoms with Gasteiger partial charge in [0.15, 0.2) is 0 Å². The predicted molar refractivity (Wildman–Crippen MR) is 107 cm³/mol. The van der Waals surface area contributed by atoms with E-state index < -0.39 is 5.60 Å². The van der Waals surface area contributed by atoms with Gasteiger partial charge in [0.2, 0.25) is 5.95 Å². The van der Waals surface area contributed by atoms with Crippen LogP contribution in [0.4, 0.5) is 11.8 Å². The molecule has 0 atom stereocenters. The zero-order chi connectivity index (χ0) is 20.1. The van der Waals surface area contributed by atoms with Crippen molar-refractivity contribution in [2.75, 3.05) is 10.6 Å². The van der Waals surface area contributed by atoms with Gasteiger partial charge in [-0.3, -0.25) is 0 Å². The molecule has 1 aliphatic rings. The lowest BCUT2D eigenvalue weighted by molar-refractivity contribution is 0.0196. The lowest BCUT2D eigenvalue weighted by Crippen LogP contribution is -2.36. The van der Waals surface area contributed by atoms with Gasteiger partial charge in [-0.25, -0.2) is 15.0 Å². The molecule has 0 radical (unpaired) electrons. The summed E-state index contributed by atoms with van der Waals surface area (Å²) in [6.07, 6.45) is 8.02. The molecule has 2 heterocycles. The molecule has 3 N–H and O–H groups in total. The van der Waals surface area contributed by atoms with Crippen LogP contribution in [-0.2, 0) is 6.54 Å². The average molecular weight is 381 g/mol. The van der Waals surface area contributed by atoms with Gasteiger partial charge in [-0.05, 0) is 38.5 Å². The van der Waals surface area contributed by atoms with Crippen LogP contribution in [0.1, 0.15) is 69.2 Å². The molecule has 1 aliphatic carbocycles. The second-order valence-electron chi connectivity index (χ2n) is 7.92. The molecular formula is C20H27N7O. The summed E-state index contributed by atoms with van der Waals surface area (Å²) < 4.78 is 0. The van der Waals surface area contributed by atoms with E-state index in [1.807, 2.05) is 6.92 Å². The maximum absolute atomic E-state index is 10.1. The zero-order valence-corrected chi connectivity index (χ0v) is 16.6. The predicted octanol–water partition coefficient (Wildman–Crippen LogP) is 2.98. The minimum Gasteiger partial charge on any atom is -0.390 e. The third kappa shape index (κ3) is 4.93. The van der Waals surface area contributed by atoms with E-state index in [9.17, 15) is 10.4 Å². The van der Waals surface area contributed by atoms with E-state index in [0.29, 0.717) is 29.8 Å². The Morgan fingerprint density at radius 1 is 1.29 bits per heavy atom. The molecule has 0 saturated heterocycles. The maximum atomic E-state index is 10.1. The number of hydrogen-bond acceptors (Lipinski definition) is 8. The highest BCUT2D eigenvalue weighted by Crippen LogP contribution is 2.30. The Kier molecular flexibility index (Phi) is 6.05. The Morgan fingerprint density at radius 2 is 2.04 bits per heavy atom. The molecule has 8 nitrogen and oxygen atoms in total. The molecule has 3 rings (SSSR count). The Bertz CT molecular complexity index is 850. The molecular weight excluding hydrogens is 354 g/mol. The molecule has 0 aromatic carbocycles. The van der Waals surface area contributed by atoms with Gasteiger partial charge in [0.05, 0.1) is 17.5 Å². The van der Waals surface area contributed by atoms with Gasteiger partial charge < -0.3 is 15.7 Å². The van der Waals surface area contributed by atoms with Crippen molar-refractivity contribution in [3.63, 3.8) is 0 Å². The van der Waals surface area contributed by atoms with Gasteiger partial charge in [-0.1, -0.05) is 13.8 Å². The van der Waals surface area contributed by atoms with Crippen molar-refractivity contribution >= 4 is 11.8 Å². The van der Waals surface area contributed by atoms with Crippen molar-refractivity contribution in [2.24, 2.45) is 0 Å². The van der Waals surface area contributed by atoms with Crippen LogP contribution >= 0.6 is 0 Å². The monoisotopic (exact) mass is 381 g/mol. The van der Waals surface area contributed by atoms with E-state index in [4.69, 9.17) is 0 Å². The number of aromatic nitrogens is 4. The summed E-state index contributed by atoms with van der Waals surface area (Å²) >= 11 is 0. The number of rotatable bonds is 6. The van der Waals surface area contributed by atoms with E-state index in [0.717, 1.165) is 36.9 Å². The summed E-state index contributed by atoms with van der Waals surface area (Å²) in [5, 5.41) is 26.1. The Labute approximate surface area is 165 Å². The fourth-order valence-electron chi connectivity index (χ4n) is 3.43. The van der Waals surface area contributed by atoms with Gasteiger partial charge in [0.25, 0.3) is 0 Å². The molecule has 1 fully saturated rings. The fourth-order valence-corrected chi connectivity index (χ4v) is 3.43. The summed E-state index contributed by atoms with van der Waals surface area (Å²) in [6, 6.07) is 2.33. The third-order valence-electron chi connectivity index (χ3n) is 5.12. The van der Waals surface area contributed by atoms with Crippen LogP contribution in [0, 0.1) is 11.3 Å². The first kappa shape index (κ1) is 20.0. The van der Waals surface area contributed by atoms with Crippen molar-refractivity contribution in [1.29, 1.82) is 5.26 Å². The van der Waals surface area contributed by atoms with Gasteiger partial charge in [0.1, 0.15) is 23.8 Å². The van der Waals surface area contributed by atoms with Crippen molar-refractivity contribution in [3.8, 4) is 6.07 Å². The minimum absolute atomic E-state index is 0.185. The topological polar surface area (TPSA) is 120 Å². The summed E-state index contributed by atoms with van der Waals surface area (Å²) in [5.74, 6) is 1.27. The van der Waals surface area contributed by atoms with Crippen LogP contribution in [0.3, 0.4) is 0 Å². The number of nitrogens with zero attached hydrogens (tertiary/aromatic N) is 5. The van der Waals surface area contributed by atoms with Crippen LogP contribution in [-0.4, -0.2) is 36.7 Å². The molecule has 2 aromatic rings. The molecule has 0 amide bonds. The third-order valence-corrected chi connectivity index (χ3v) is 5.12. The SMILES string of the molecule is CC(C)c1ncncc1CNc1ncc(C#N)c(N[C@H]2CC[C@@](C)(O)CC2)n1. The van der Waals surface area contributed by atoms with Crippen LogP contribution in [0.2, 0.25) is 0 Å². The van der Waals surface area contributed by atoms with Crippen LogP contribution < -0.4 is 10.6 Å². The normalized spacial score (nSPS) is 21.9. The molecule has 0 spiro atoms. The number of aliphatic hydroxyl groups is 1. The quantitative estimate of drug-likeness (QED) is 0.698. The van der Waals surface area contributed by atoms with E-state index in [2.05, 4.69) is 50.5 Å². The maximum Gasteiger partial charge on any atom is 0.224 e. The number of hydrogen-bond donors (Lipinski definition) is 3. The first-order chi connectivity index (χ1) is 13.4. The standard InChI is InChI=1S/C20H27N7O/c1-13(2)17-15(9-22-12-25-17)11-24-19-23-10-14(8-21)18(27-19)26-16-4-6-20(3,28)7-5-16/h9-10,12-13,16,28H,4-7,11H2,1-3H3,(H2,23,24,26,27)/t16-,20+. The highest BCUT2D eigenvalue weighted by atomic mass is 16.3. The summed E-state index contributed by atoms with van der Waals surface area (Å²) in [6.45, 7) is 6.56. The minimum atomic E-state index is -0.597. The summed E-state index contributed by atoms with van der Waals surface area (Å²) in [4.78, 5) is 17.2. The van der Waals surface area contributed by atoms with Gasteiger partial charge >= 0.3 is 0 Å². The van der Waals surface area contributed by atoms with Crippen molar-refractivity contribution in [3.05, 3.63) is 35.5 Å². The number of nitriles is 1. The molecule has 148 valence electrons. The lowest BCUT2D eigenvalue weighted by Gasteiger charge is -2.33. The average Bonchev–Trinajstić information content (AvgIpc) is 2.68. The van der Waals surface area contributed by atoms with Gasteiger partial charge in [0, 0.05) is 24.3 Å². The lowest BCUT2D eigenvalue weighted by atomic mass is 9.83. The molecule has 2 aromatic heterocycles. The highest BCUT2D eigenvalue weighted by molar-refractivity contribution is 5.54. The Hall–Kier alpha value is -2.79. The molecule has 0 aliphatic heterocycles. The number of nitrogens with one attached hydrogen (secondary N) is 2. The molecule has 28 heavy (non-hydrogen) atoms. The van der Waals surface area contributed by atoms with E-state index in [-0.39, 0.29) is 6.04 Å². The first-order valence-corrected chi connectivity index (χ1v) is 9.66. The second-order valence-corrected chi connectivity index (χ2v) is 7.92. The van der Waals surface area contributed by atoms with Crippen LogP contribution in [0.5, 0.6) is 0 Å². The molecule has 0 unspecified atom stereocenters. The van der Waals surface area contributed by atoms with E-state index in [1.54, 1.807) is 12.5 Å². The zero-order valence-electron chi connectivity index (χ0n) is 16.6. The molecule has 0 bridgehead atoms. The largest absolute Gasteiger partial charge is 0.390 e. The van der Waals surface area contributed by atoms with E-state index in [1.165, 1.54) is 6.20 Å². The van der Waals surface area contributed by atoms with Gasteiger partial charge in [-0.2, -0.15) is 10.2 Å². The van der Waals surface area contributed by atoms with Crippen molar-refractivity contribution in [2.45, 2.75) is 70.6 Å². The highest BCUT2D eigenvalue weighted by Gasteiger charge is 2.29. The first-order valence-electron chi connectivity index (χ1n) is 9.66. The Morgan fingerprint density at radius 3 is 2.71 bits per heavy atom. The fraction of sp³-hybridized carbons (Fsp3) is 0.550. The van der Waals surface area contributed by atoms with Gasteiger partial charge in [-0.15, -0.1) is 0 Å². The van der Waals surface area contributed by atoms with E-state index >= 15 is 0 Å². The van der Waals surface area contributed by atoms with Crippen molar-refractivity contribution < 1.29 is 5.11 Å². The molecule has 1 saturated carbocycles. The molecule has 8 heteroatoms. The van der Waals surface area contributed by atoms with Crippen LogP contribution in [0.25, 0.3) is 0 Å². The van der Waals surface area contributed by atoms with Crippen LogP contribution in [0.15, 0.2) is 18.7 Å². The number of anilines is 2. The second kappa shape index (κ2) is 8.48. The Balaban J connectivity index is 1.70.